The largest absolute Gasteiger partial charge is 0.333 e. The molecular formula is C29H25ClN4O. The van der Waals surface area contributed by atoms with Gasteiger partial charge in [-0.05, 0) is 68.1 Å². The lowest BCUT2D eigenvalue weighted by molar-refractivity contribution is 0.685. The van der Waals surface area contributed by atoms with Gasteiger partial charge in [-0.15, -0.1) is 0 Å². The third kappa shape index (κ3) is 4.02. The number of rotatable bonds is 5. The molecule has 3 aromatic carbocycles. The summed E-state index contributed by atoms with van der Waals surface area (Å²) in [4.78, 5) is 13.8. The molecule has 0 aliphatic heterocycles. The Balaban J connectivity index is 1.51. The molecule has 5 nitrogen and oxygen atoms in total. The van der Waals surface area contributed by atoms with Crippen LogP contribution in [0.1, 0.15) is 31.4 Å². The molecule has 0 saturated carbocycles. The fourth-order valence-corrected chi connectivity index (χ4v) is 5.04. The van der Waals surface area contributed by atoms with Gasteiger partial charge in [-0.2, -0.15) is 5.10 Å². The van der Waals surface area contributed by atoms with Gasteiger partial charge in [0.2, 0.25) is 0 Å². The number of hydrogen-bond donors (Lipinski definition) is 0. The van der Waals surface area contributed by atoms with Crippen LogP contribution in [-0.2, 0) is 6.54 Å². The summed E-state index contributed by atoms with van der Waals surface area (Å²) in [7, 11) is 0. The predicted octanol–water partition coefficient (Wildman–Crippen LogP) is 6.77. The first-order valence-corrected chi connectivity index (χ1v) is 12.4. The molecule has 0 fully saturated rings. The number of halogens is 1. The highest BCUT2D eigenvalue weighted by Gasteiger charge is 2.19. The number of hydrogen-bond acceptors (Lipinski definition) is 2. The minimum atomic E-state index is -0.00629. The summed E-state index contributed by atoms with van der Waals surface area (Å²) in [6, 6.07) is 27.8. The third-order valence-corrected chi connectivity index (χ3v) is 6.89. The van der Waals surface area contributed by atoms with Gasteiger partial charge in [-0.3, -0.25) is 9.13 Å². The van der Waals surface area contributed by atoms with Crippen molar-refractivity contribution in [3.63, 3.8) is 0 Å². The van der Waals surface area contributed by atoms with E-state index in [0.717, 1.165) is 58.6 Å². The molecule has 5 aromatic rings. The summed E-state index contributed by atoms with van der Waals surface area (Å²) >= 11 is 6.11. The van der Waals surface area contributed by atoms with Crippen LogP contribution in [0.15, 0.2) is 95.8 Å². The van der Waals surface area contributed by atoms with E-state index in [9.17, 15) is 4.79 Å². The zero-order valence-corrected chi connectivity index (χ0v) is 20.0. The molecule has 0 N–H and O–H groups in total. The lowest BCUT2D eigenvalue weighted by Crippen LogP contribution is -2.25. The molecule has 0 radical (unpaired) electrons. The van der Waals surface area contributed by atoms with Gasteiger partial charge in [0.15, 0.2) is 0 Å². The molecule has 6 rings (SSSR count). The molecule has 0 spiro atoms. The van der Waals surface area contributed by atoms with Gasteiger partial charge >= 0.3 is 5.69 Å². The number of benzene rings is 3. The number of allylic oxidation sites excluding steroid dienone is 2. The van der Waals surface area contributed by atoms with Gasteiger partial charge in [-0.25, -0.2) is 9.48 Å². The Hall–Kier alpha value is -3.83. The van der Waals surface area contributed by atoms with Crippen molar-refractivity contribution < 1.29 is 0 Å². The Morgan fingerprint density at radius 1 is 0.857 bits per heavy atom. The van der Waals surface area contributed by atoms with Crippen molar-refractivity contribution in [1.29, 1.82) is 0 Å². The molecule has 0 unspecified atom stereocenters. The molecule has 0 amide bonds. The van der Waals surface area contributed by atoms with Gasteiger partial charge in [0, 0.05) is 16.3 Å². The Morgan fingerprint density at radius 3 is 2.34 bits per heavy atom. The van der Waals surface area contributed by atoms with E-state index in [-0.39, 0.29) is 5.69 Å². The molecule has 0 bridgehead atoms. The minimum Gasteiger partial charge on any atom is -0.286 e. The van der Waals surface area contributed by atoms with Gasteiger partial charge in [0.05, 0.1) is 34.7 Å². The smallest absolute Gasteiger partial charge is 0.286 e. The second kappa shape index (κ2) is 9.08. The molecule has 6 heteroatoms. The van der Waals surface area contributed by atoms with E-state index in [4.69, 9.17) is 16.7 Å². The van der Waals surface area contributed by atoms with Crippen LogP contribution in [0.4, 0.5) is 0 Å². The summed E-state index contributed by atoms with van der Waals surface area (Å²) in [5, 5.41) is 5.61. The lowest BCUT2D eigenvalue weighted by Gasteiger charge is -2.13. The molecule has 0 saturated heterocycles. The topological polar surface area (TPSA) is 44.8 Å². The van der Waals surface area contributed by atoms with Gasteiger partial charge < -0.3 is 0 Å². The van der Waals surface area contributed by atoms with E-state index < -0.39 is 0 Å². The van der Waals surface area contributed by atoms with Gasteiger partial charge in [-0.1, -0.05) is 60.1 Å². The number of imidazole rings is 1. The number of aromatic nitrogens is 4. The summed E-state index contributed by atoms with van der Waals surface area (Å²) in [5.41, 5.74) is 6.69. The van der Waals surface area contributed by atoms with Crippen molar-refractivity contribution in [1.82, 2.24) is 18.9 Å². The van der Waals surface area contributed by atoms with Crippen molar-refractivity contribution in [2.45, 2.75) is 32.2 Å². The monoisotopic (exact) mass is 480 g/mol. The van der Waals surface area contributed by atoms with E-state index in [0.29, 0.717) is 11.6 Å². The van der Waals surface area contributed by atoms with Crippen LogP contribution in [-0.4, -0.2) is 18.9 Å². The Bertz CT molecular complexity index is 1590. The zero-order chi connectivity index (χ0) is 23.8. The van der Waals surface area contributed by atoms with Gasteiger partial charge in [0.25, 0.3) is 0 Å². The Labute approximate surface area is 208 Å². The Morgan fingerprint density at radius 2 is 1.60 bits per heavy atom. The van der Waals surface area contributed by atoms with E-state index >= 15 is 0 Å². The molecule has 1 aliphatic carbocycles. The van der Waals surface area contributed by atoms with Crippen LogP contribution in [0.3, 0.4) is 0 Å². The van der Waals surface area contributed by atoms with Crippen LogP contribution in [0.2, 0.25) is 5.02 Å². The molecule has 2 aromatic heterocycles. The summed E-state index contributed by atoms with van der Waals surface area (Å²) in [6.45, 7) is 0.412. The van der Waals surface area contributed by atoms with Crippen molar-refractivity contribution in [3.05, 3.63) is 112 Å². The molecule has 35 heavy (non-hydrogen) atoms. The highest BCUT2D eigenvalue weighted by Crippen LogP contribution is 2.27. The summed E-state index contributed by atoms with van der Waals surface area (Å²) < 4.78 is 5.70. The zero-order valence-electron chi connectivity index (χ0n) is 19.3. The van der Waals surface area contributed by atoms with E-state index in [2.05, 4.69) is 12.1 Å². The molecule has 0 atom stereocenters. The third-order valence-electron chi connectivity index (χ3n) is 6.63. The van der Waals surface area contributed by atoms with E-state index in [1.807, 2.05) is 92.7 Å². The minimum absolute atomic E-state index is 0.00629. The average molecular weight is 481 g/mol. The first-order chi connectivity index (χ1) is 17.2. The van der Waals surface area contributed by atoms with Gasteiger partial charge in [0.1, 0.15) is 0 Å². The number of nitrogens with zero attached hydrogens (tertiary/aromatic N) is 4. The molecule has 174 valence electrons. The highest BCUT2D eigenvalue weighted by atomic mass is 35.5. The standard InChI is InChI=1S/C29H25ClN4O/c30-22-17-15-21(16-18-22)26-19-25(34(31-26)24-11-5-2-6-12-24)20-32-27-13-7-8-14-28(27)33(29(32)35)23-9-3-1-4-10-23/h2,5-9,11-19H,1,3-4,10,20H2. The fourth-order valence-electron chi connectivity index (χ4n) is 4.91. The van der Waals surface area contributed by atoms with Crippen LogP contribution in [0.5, 0.6) is 0 Å². The summed E-state index contributed by atoms with van der Waals surface area (Å²) in [5.74, 6) is 0. The van der Waals surface area contributed by atoms with Crippen molar-refractivity contribution in [3.8, 4) is 16.9 Å². The molecule has 1 aliphatic rings. The van der Waals surface area contributed by atoms with Crippen LogP contribution < -0.4 is 5.69 Å². The van der Waals surface area contributed by atoms with E-state index in [1.54, 1.807) is 0 Å². The average Bonchev–Trinajstić information content (AvgIpc) is 3.45. The predicted molar refractivity (Wildman–Crippen MR) is 142 cm³/mol. The normalized spacial score (nSPS) is 13.8. The van der Waals surface area contributed by atoms with Crippen molar-refractivity contribution in [2.24, 2.45) is 0 Å². The summed E-state index contributed by atoms with van der Waals surface area (Å²) in [6.07, 6.45) is 6.46. The van der Waals surface area contributed by atoms with Crippen molar-refractivity contribution >= 4 is 28.3 Å². The second-order valence-electron chi connectivity index (χ2n) is 8.91. The van der Waals surface area contributed by atoms with Crippen LogP contribution in [0, 0.1) is 0 Å². The fraction of sp³-hybridized carbons (Fsp3) is 0.172. The highest BCUT2D eigenvalue weighted by molar-refractivity contribution is 6.30. The van der Waals surface area contributed by atoms with Crippen LogP contribution in [0.25, 0.3) is 33.7 Å². The van der Waals surface area contributed by atoms with Crippen LogP contribution >= 0.6 is 11.6 Å². The lowest BCUT2D eigenvalue weighted by atomic mass is 10.0. The van der Waals surface area contributed by atoms with E-state index in [1.165, 1.54) is 6.42 Å². The second-order valence-corrected chi connectivity index (χ2v) is 9.35. The maximum atomic E-state index is 13.8. The maximum Gasteiger partial charge on any atom is 0.333 e. The Kier molecular flexibility index (Phi) is 5.63. The first kappa shape index (κ1) is 21.7. The van der Waals surface area contributed by atoms with Crippen molar-refractivity contribution in [2.75, 3.05) is 0 Å². The number of fused-ring (bicyclic) bond motifs is 1. The first-order valence-electron chi connectivity index (χ1n) is 12.0. The molecule has 2 heterocycles. The maximum absolute atomic E-state index is 13.8. The SMILES string of the molecule is O=c1n(Cc2cc(-c3ccc(Cl)cc3)nn2-c2ccccc2)c2ccccc2n1C1=CCCCC1. The molecular weight excluding hydrogens is 456 g/mol. The quantitative estimate of drug-likeness (QED) is 0.278. The number of para-hydroxylation sites is 3.